The average Bonchev–Trinajstić information content (AvgIpc) is 3.35. The second-order valence-electron chi connectivity index (χ2n) is 8.25. The number of nitrogens with zero attached hydrogens (tertiary/aromatic N) is 3. The van der Waals surface area contributed by atoms with Crippen LogP contribution < -0.4 is 5.32 Å². The van der Waals surface area contributed by atoms with Gasteiger partial charge in [-0.2, -0.15) is 5.10 Å². The third-order valence-corrected chi connectivity index (χ3v) is 5.80. The molecular weight excluding hydrogens is 404 g/mol. The van der Waals surface area contributed by atoms with Crippen molar-refractivity contribution in [2.24, 2.45) is 0 Å². The second-order valence-corrected chi connectivity index (χ2v) is 8.25. The standard InChI is InChI=1S/C25H28N4O3/c1-17-12-18(2)29(27-17)22-11-7-10-20(13-22)24(30)26-21-14-23(25(31)32-3)28(16-21)15-19-8-5-4-6-9-19/h4-13,21,23H,14-16H2,1-3H3,(H,26,30)/t21-,23-/m0/s1. The van der Waals surface area contributed by atoms with Gasteiger partial charge in [-0.15, -0.1) is 0 Å². The monoisotopic (exact) mass is 432 g/mol. The topological polar surface area (TPSA) is 76.5 Å². The predicted octanol–water partition coefficient (Wildman–Crippen LogP) is 3.04. The minimum atomic E-state index is -0.383. The van der Waals surface area contributed by atoms with Crippen molar-refractivity contribution < 1.29 is 14.3 Å². The number of carbonyl (C=O) groups is 2. The molecule has 1 amide bonds. The van der Waals surface area contributed by atoms with Crippen LogP contribution in [0.5, 0.6) is 0 Å². The van der Waals surface area contributed by atoms with Crippen LogP contribution in [0.25, 0.3) is 5.69 Å². The van der Waals surface area contributed by atoms with Crippen LogP contribution in [0.3, 0.4) is 0 Å². The number of carbonyl (C=O) groups excluding carboxylic acids is 2. The van der Waals surface area contributed by atoms with Crippen molar-refractivity contribution >= 4 is 11.9 Å². The molecule has 1 N–H and O–H groups in total. The Morgan fingerprint density at radius 2 is 1.88 bits per heavy atom. The zero-order chi connectivity index (χ0) is 22.7. The molecule has 1 aromatic heterocycles. The lowest BCUT2D eigenvalue weighted by atomic mass is 10.1. The minimum absolute atomic E-state index is 0.146. The summed E-state index contributed by atoms with van der Waals surface area (Å²) in [4.78, 5) is 27.4. The third kappa shape index (κ3) is 4.73. The maximum absolute atomic E-state index is 13.0. The molecule has 3 aromatic rings. The summed E-state index contributed by atoms with van der Waals surface area (Å²) in [6.07, 6.45) is 0.516. The Bertz CT molecular complexity index is 1110. The van der Waals surface area contributed by atoms with E-state index in [4.69, 9.17) is 4.74 Å². The van der Waals surface area contributed by atoms with Gasteiger partial charge < -0.3 is 10.1 Å². The van der Waals surface area contributed by atoms with Crippen LogP contribution in [-0.4, -0.2) is 52.3 Å². The molecule has 7 heteroatoms. The zero-order valence-electron chi connectivity index (χ0n) is 18.6. The van der Waals surface area contributed by atoms with E-state index in [1.54, 1.807) is 6.07 Å². The number of esters is 1. The van der Waals surface area contributed by atoms with E-state index in [9.17, 15) is 9.59 Å². The van der Waals surface area contributed by atoms with Crippen molar-refractivity contribution in [3.05, 3.63) is 83.2 Å². The SMILES string of the molecule is COC(=O)[C@@H]1C[C@H](NC(=O)c2cccc(-n3nc(C)cc3C)c2)CN1Cc1ccccc1. The quantitative estimate of drug-likeness (QED) is 0.606. The number of methoxy groups -OCH3 is 1. The lowest BCUT2D eigenvalue weighted by molar-refractivity contribution is -0.146. The Hall–Kier alpha value is -3.45. The molecule has 2 atom stereocenters. The van der Waals surface area contributed by atoms with E-state index in [2.05, 4.69) is 15.3 Å². The number of ether oxygens (including phenoxy) is 1. The maximum atomic E-state index is 13.0. The summed E-state index contributed by atoms with van der Waals surface area (Å²) in [5.41, 5.74) is 4.45. The number of likely N-dealkylation sites (tertiary alicyclic amines) is 1. The second kappa shape index (κ2) is 9.36. The van der Waals surface area contributed by atoms with Gasteiger partial charge in [0.15, 0.2) is 0 Å². The van der Waals surface area contributed by atoms with Gasteiger partial charge in [0, 0.05) is 30.4 Å². The minimum Gasteiger partial charge on any atom is -0.468 e. The van der Waals surface area contributed by atoms with E-state index in [-0.39, 0.29) is 24.0 Å². The fourth-order valence-corrected chi connectivity index (χ4v) is 4.32. The largest absolute Gasteiger partial charge is 0.468 e. The molecule has 7 nitrogen and oxygen atoms in total. The Kier molecular flexibility index (Phi) is 6.37. The molecule has 166 valence electrons. The number of amides is 1. The molecular formula is C25H28N4O3. The molecule has 1 aliphatic heterocycles. The number of nitrogens with one attached hydrogen (secondary N) is 1. The molecule has 0 aliphatic carbocycles. The number of hydrogen-bond acceptors (Lipinski definition) is 5. The fraction of sp³-hybridized carbons (Fsp3) is 0.320. The maximum Gasteiger partial charge on any atom is 0.323 e. The first-order chi connectivity index (χ1) is 15.4. The predicted molar refractivity (Wildman–Crippen MR) is 122 cm³/mol. The van der Waals surface area contributed by atoms with Crippen LogP contribution in [0.1, 0.15) is 33.7 Å². The Morgan fingerprint density at radius 1 is 1.09 bits per heavy atom. The summed E-state index contributed by atoms with van der Waals surface area (Å²) >= 11 is 0. The molecule has 4 rings (SSSR count). The number of hydrogen-bond donors (Lipinski definition) is 1. The van der Waals surface area contributed by atoms with E-state index in [1.807, 2.05) is 73.1 Å². The van der Waals surface area contributed by atoms with Gasteiger partial charge in [-0.05, 0) is 50.1 Å². The summed E-state index contributed by atoms with van der Waals surface area (Å²) in [5, 5.41) is 7.60. The number of aryl methyl sites for hydroxylation is 2. The molecule has 0 bridgehead atoms. The van der Waals surface area contributed by atoms with Gasteiger partial charge >= 0.3 is 5.97 Å². The van der Waals surface area contributed by atoms with E-state index >= 15 is 0 Å². The van der Waals surface area contributed by atoms with E-state index in [1.165, 1.54) is 7.11 Å². The molecule has 2 aromatic carbocycles. The highest BCUT2D eigenvalue weighted by Gasteiger charge is 2.38. The van der Waals surface area contributed by atoms with Crippen LogP contribution in [0.4, 0.5) is 0 Å². The van der Waals surface area contributed by atoms with Gasteiger partial charge in [0.25, 0.3) is 5.91 Å². The van der Waals surface area contributed by atoms with E-state index < -0.39 is 0 Å². The van der Waals surface area contributed by atoms with Crippen LogP contribution in [0.15, 0.2) is 60.7 Å². The highest BCUT2D eigenvalue weighted by Crippen LogP contribution is 2.22. The van der Waals surface area contributed by atoms with Gasteiger partial charge in [0.1, 0.15) is 6.04 Å². The van der Waals surface area contributed by atoms with Crippen molar-refractivity contribution in [1.29, 1.82) is 0 Å². The smallest absolute Gasteiger partial charge is 0.323 e. The fourth-order valence-electron chi connectivity index (χ4n) is 4.32. The van der Waals surface area contributed by atoms with Gasteiger partial charge in [-0.1, -0.05) is 36.4 Å². The molecule has 0 saturated carbocycles. The number of aromatic nitrogens is 2. The van der Waals surface area contributed by atoms with Gasteiger partial charge in [0.05, 0.1) is 18.5 Å². The summed E-state index contributed by atoms with van der Waals surface area (Å²) in [7, 11) is 1.40. The normalized spacial score (nSPS) is 18.5. The van der Waals surface area contributed by atoms with Gasteiger partial charge in [0.2, 0.25) is 0 Å². The first-order valence-corrected chi connectivity index (χ1v) is 10.7. The number of rotatable bonds is 6. The Labute approximate surface area is 188 Å². The Morgan fingerprint density at radius 3 is 2.56 bits per heavy atom. The lowest BCUT2D eigenvalue weighted by Crippen LogP contribution is -2.37. The summed E-state index contributed by atoms with van der Waals surface area (Å²) in [6, 6.07) is 18.9. The first kappa shape index (κ1) is 21.8. The highest BCUT2D eigenvalue weighted by atomic mass is 16.5. The molecule has 2 heterocycles. The molecule has 0 unspecified atom stereocenters. The van der Waals surface area contributed by atoms with E-state index in [0.29, 0.717) is 25.1 Å². The molecule has 1 saturated heterocycles. The molecule has 1 aliphatic rings. The van der Waals surface area contributed by atoms with Crippen LogP contribution >= 0.6 is 0 Å². The molecule has 32 heavy (non-hydrogen) atoms. The zero-order valence-corrected chi connectivity index (χ0v) is 18.6. The molecule has 0 radical (unpaired) electrons. The highest BCUT2D eigenvalue weighted by molar-refractivity contribution is 5.95. The van der Waals surface area contributed by atoms with Crippen molar-refractivity contribution in [3.8, 4) is 5.69 Å². The van der Waals surface area contributed by atoms with Gasteiger partial charge in [-0.25, -0.2) is 4.68 Å². The van der Waals surface area contributed by atoms with E-state index in [0.717, 1.165) is 22.6 Å². The number of benzene rings is 2. The van der Waals surface area contributed by atoms with Crippen LogP contribution in [-0.2, 0) is 16.1 Å². The average molecular weight is 433 g/mol. The third-order valence-electron chi connectivity index (χ3n) is 5.80. The van der Waals surface area contributed by atoms with Crippen LogP contribution in [0, 0.1) is 13.8 Å². The van der Waals surface area contributed by atoms with Crippen molar-refractivity contribution in [1.82, 2.24) is 20.0 Å². The molecule has 1 fully saturated rings. The lowest BCUT2D eigenvalue weighted by Gasteiger charge is -2.22. The van der Waals surface area contributed by atoms with Crippen molar-refractivity contribution in [3.63, 3.8) is 0 Å². The summed E-state index contributed by atoms with van der Waals surface area (Å²) < 4.78 is 6.84. The molecule has 0 spiro atoms. The van der Waals surface area contributed by atoms with Crippen molar-refractivity contribution in [2.45, 2.75) is 38.9 Å². The van der Waals surface area contributed by atoms with Gasteiger partial charge in [-0.3, -0.25) is 14.5 Å². The van der Waals surface area contributed by atoms with Crippen LogP contribution in [0.2, 0.25) is 0 Å². The van der Waals surface area contributed by atoms with Crippen molar-refractivity contribution in [2.75, 3.05) is 13.7 Å². The summed E-state index contributed by atoms with van der Waals surface area (Å²) in [5.74, 6) is -0.437. The summed E-state index contributed by atoms with van der Waals surface area (Å²) in [6.45, 7) is 5.14. The first-order valence-electron chi connectivity index (χ1n) is 10.7. The Balaban J connectivity index is 1.47.